The summed E-state index contributed by atoms with van der Waals surface area (Å²) < 4.78 is 10.8. The number of esters is 1. The van der Waals surface area contributed by atoms with Gasteiger partial charge in [0.2, 0.25) is 5.91 Å². The maximum atomic E-state index is 13.0. The van der Waals surface area contributed by atoms with Crippen LogP contribution in [0.3, 0.4) is 0 Å². The molecule has 1 aromatic rings. The summed E-state index contributed by atoms with van der Waals surface area (Å²) >= 11 is 1.47. The van der Waals surface area contributed by atoms with Crippen molar-refractivity contribution in [3.8, 4) is 5.75 Å². The number of thioether (sulfide) groups is 1. The number of methoxy groups -OCH3 is 2. The fourth-order valence-corrected chi connectivity index (χ4v) is 5.62. The second kappa shape index (κ2) is 11.1. The Morgan fingerprint density at radius 2 is 1.97 bits per heavy atom. The van der Waals surface area contributed by atoms with Crippen molar-refractivity contribution in [2.75, 3.05) is 40.4 Å². The minimum absolute atomic E-state index is 0.0454. The van der Waals surface area contributed by atoms with Gasteiger partial charge in [-0.05, 0) is 43.8 Å². The largest absolute Gasteiger partial charge is 0.496 e. The van der Waals surface area contributed by atoms with E-state index in [0.717, 1.165) is 36.1 Å². The van der Waals surface area contributed by atoms with Crippen molar-refractivity contribution in [2.45, 2.75) is 38.6 Å². The Morgan fingerprint density at radius 1 is 1.21 bits per heavy atom. The van der Waals surface area contributed by atoms with Gasteiger partial charge in [0.05, 0.1) is 38.0 Å². The van der Waals surface area contributed by atoms with Crippen molar-refractivity contribution in [1.29, 1.82) is 0 Å². The van der Waals surface area contributed by atoms with Gasteiger partial charge in [-0.2, -0.15) is 0 Å². The number of rotatable bonds is 9. The number of amidine groups is 1. The quantitative estimate of drug-likeness (QED) is 0.538. The lowest BCUT2D eigenvalue weighted by atomic mass is 9.92. The number of benzene rings is 1. The van der Waals surface area contributed by atoms with Crippen molar-refractivity contribution < 1.29 is 19.1 Å². The van der Waals surface area contributed by atoms with Gasteiger partial charge in [-0.25, -0.2) is 9.79 Å². The molecule has 4 rings (SSSR count). The van der Waals surface area contributed by atoms with E-state index < -0.39 is 12.0 Å². The van der Waals surface area contributed by atoms with Crippen molar-refractivity contribution in [1.82, 2.24) is 15.1 Å². The van der Waals surface area contributed by atoms with Gasteiger partial charge in [-0.1, -0.05) is 36.9 Å². The van der Waals surface area contributed by atoms with Crippen LogP contribution >= 0.6 is 11.8 Å². The van der Waals surface area contributed by atoms with E-state index in [1.54, 1.807) is 7.11 Å². The number of likely N-dealkylation sites (tertiary alicyclic amines) is 1. The second-order valence-electron chi connectivity index (χ2n) is 8.42. The van der Waals surface area contributed by atoms with Gasteiger partial charge in [-0.15, -0.1) is 0 Å². The van der Waals surface area contributed by atoms with E-state index >= 15 is 0 Å². The van der Waals surface area contributed by atoms with E-state index in [4.69, 9.17) is 14.5 Å². The summed E-state index contributed by atoms with van der Waals surface area (Å²) in [5.74, 6) is 0.190. The summed E-state index contributed by atoms with van der Waals surface area (Å²) in [6, 6.07) is 7.13. The molecule has 0 saturated carbocycles. The summed E-state index contributed by atoms with van der Waals surface area (Å²) in [7, 11) is 2.99. The molecule has 9 heteroatoms. The number of fused-ring (bicyclic) bond motifs is 1. The Labute approximate surface area is 205 Å². The van der Waals surface area contributed by atoms with Crippen LogP contribution in [0.5, 0.6) is 5.75 Å². The summed E-state index contributed by atoms with van der Waals surface area (Å²) in [4.78, 5) is 34.9. The normalized spacial score (nSPS) is 20.1. The predicted octanol–water partition coefficient (Wildman–Crippen LogP) is 3.44. The first-order chi connectivity index (χ1) is 16.6. The maximum Gasteiger partial charge on any atom is 0.338 e. The van der Waals surface area contributed by atoms with E-state index in [9.17, 15) is 9.59 Å². The highest BCUT2D eigenvalue weighted by Gasteiger charge is 2.42. The first-order valence-corrected chi connectivity index (χ1v) is 12.6. The third-order valence-electron chi connectivity index (χ3n) is 6.35. The first-order valence-electron chi connectivity index (χ1n) is 11.7. The van der Waals surface area contributed by atoms with Gasteiger partial charge < -0.3 is 24.6 Å². The molecule has 3 aliphatic rings. The lowest BCUT2D eigenvalue weighted by Crippen LogP contribution is -2.39. The number of hydrogen-bond acceptors (Lipinski definition) is 8. The van der Waals surface area contributed by atoms with Gasteiger partial charge in [0.25, 0.3) is 0 Å². The molecule has 1 N–H and O–H groups in total. The smallest absolute Gasteiger partial charge is 0.338 e. The molecule has 3 heterocycles. The third-order valence-corrected chi connectivity index (χ3v) is 7.24. The highest BCUT2D eigenvalue weighted by molar-refractivity contribution is 8.16. The Balaban J connectivity index is 1.60. The Kier molecular flexibility index (Phi) is 7.95. The summed E-state index contributed by atoms with van der Waals surface area (Å²) in [6.07, 6.45) is 3.25. The Hall–Kier alpha value is -2.78. The summed E-state index contributed by atoms with van der Waals surface area (Å²) in [5.41, 5.74) is 2.79. The zero-order valence-electron chi connectivity index (χ0n) is 20.0. The Bertz CT molecular complexity index is 1030. The van der Waals surface area contributed by atoms with Gasteiger partial charge >= 0.3 is 5.97 Å². The molecule has 34 heavy (non-hydrogen) atoms. The summed E-state index contributed by atoms with van der Waals surface area (Å²) in [5, 5.41) is 5.75. The number of amides is 1. The number of hydrogen-bond donors (Lipinski definition) is 1. The number of aliphatic imine (C=N–C) groups is 1. The number of para-hydroxylation sites is 1. The van der Waals surface area contributed by atoms with Crippen LogP contribution in [0.15, 0.2) is 51.6 Å². The topological polar surface area (TPSA) is 83.5 Å². The minimum Gasteiger partial charge on any atom is -0.496 e. The number of nitrogens with zero attached hydrogens (tertiary/aromatic N) is 3. The van der Waals surface area contributed by atoms with Crippen LogP contribution < -0.4 is 10.1 Å². The van der Waals surface area contributed by atoms with E-state index in [-0.39, 0.29) is 12.3 Å². The molecule has 1 saturated heterocycles. The van der Waals surface area contributed by atoms with Crippen LogP contribution in [0.2, 0.25) is 0 Å². The van der Waals surface area contributed by atoms with Crippen molar-refractivity contribution in [2.24, 2.45) is 4.99 Å². The molecule has 0 aliphatic carbocycles. The molecule has 3 aliphatic heterocycles. The Morgan fingerprint density at radius 3 is 2.68 bits per heavy atom. The predicted molar refractivity (Wildman–Crippen MR) is 133 cm³/mol. The van der Waals surface area contributed by atoms with Crippen LogP contribution in [0.1, 0.15) is 44.2 Å². The molecule has 0 bridgehead atoms. The number of carbonyl (C=O) groups excluding carboxylic acids is 2. The van der Waals surface area contributed by atoms with Crippen molar-refractivity contribution in [3.63, 3.8) is 0 Å². The monoisotopic (exact) mass is 484 g/mol. The molecule has 182 valence electrons. The van der Waals surface area contributed by atoms with Crippen LogP contribution in [-0.2, 0) is 14.3 Å². The van der Waals surface area contributed by atoms with Crippen LogP contribution in [0.4, 0.5) is 0 Å². The molecule has 0 radical (unpaired) electrons. The molecular weight excluding hydrogens is 452 g/mol. The SMILES string of the molecule is CCC1=C(C(=O)OC)C(c2ccccc2OC)N2C(CC(=O)NCCN3CCCC3)=CSC2=N1. The van der Waals surface area contributed by atoms with Crippen molar-refractivity contribution in [3.05, 3.63) is 52.2 Å². The maximum absolute atomic E-state index is 13.0. The van der Waals surface area contributed by atoms with Gasteiger partial charge in [0.15, 0.2) is 5.17 Å². The number of allylic oxidation sites excluding steroid dienone is 1. The zero-order valence-corrected chi connectivity index (χ0v) is 20.8. The van der Waals surface area contributed by atoms with E-state index in [1.807, 2.05) is 41.5 Å². The average molecular weight is 485 g/mol. The van der Waals surface area contributed by atoms with Crippen LogP contribution in [-0.4, -0.2) is 67.2 Å². The van der Waals surface area contributed by atoms with E-state index in [1.165, 1.54) is 31.7 Å². The first kappa shape index (κ1) is 24.3. The average Bonchev–Trinajstić information content (AvgIpc) is 3.52. The van der Waals surface area contributed by atoms with Crippen molar-refractivity contribution >= 4 is 28.8 Å². The number of ether oxygens (including phenoxy) is 2. The molecule has 0 aromatic heterocycles. The summed E-state index contributed by atoms with van der Waals surface area (Å²) in [6.45, 7) is 5.68. The van der Waals surface area contributed by atoms with Gasteiger partial charge in [0.1, 0.15) is 5.75 Å². The molecular formula is C25H32N4O4S. The van der Waals surface area contributed by atoms with Crippen LogP contribution in [0.25, 0.3) is 0 Å². The lowest BCUT2D eigenvalue weighted by molar-refractivity contribution is -0.136. The van der Waals surface area contributed by atoms with Gasteiger partial charge in [0, 0.05) is 24.4 Å². The highest BCUT2D eigenvalue weighted by Crippen LogP contribution is 2.47. The number of carbonyl (C=O) groups is 2. The van der Waals surface area contributed by atoms with E-state index in [0.29, 0.717) is 30.0 Å². The molecule has 1 atom stereocenters. The molecule has 0 spiro atoms. The lowest BCUT2D eigenvalue weighted by Gasteiger charge is -2.37. The standard InChI is InChI=1S/C25H32N4O4S/c1-4-19-22(24(31)33-3)23(18-9-5-6-10-20(18)32-2)29-17(16-34-25(29)27-19)15-21(30)26-11-14-28-12-7-8-13-28/h5-6,9-10,16,23H,4,7-8,11-15H2,1-3H3,(H,26,30). The minimum atomic E-state index is -0.496. The highest BCUT2D eigenvalue weighted by atomic mass is 32.2. The molecule has 1 aromatic carbocycles. The van der Waals surface area contributed by atoms with E-state index in [2.05, 4.69) is 10.2 Å². The molecule has 8 nitrogen and oxygen atoms in total. The fraction of sp³-hybridized carbons (Fsp3) is 0.480. The van der Waals surface area contributed by atoms with Gasteiger partial charge in [-0.3, -0.25) is 4.79 Å². The fourth-order valence-electron chi connectivity index (χ4n) is 4.69. The zero-order chi connectivity index (χ0) is 24.1. The molecule has 1 fully saturated rings. The molecule has 1 unspecified atom stereocenters. The molecule has 1 amide bonds. The third kappa shape index (κ3) is 5.00. The second-order valence-corrected chi connectivity index (χ2v) is 9.25. The van der Waals surface area contributed by atoms with Crippen LogP contribution in [0, 0.1) is 0 Å². The number of nitrogens with one attached hydrogen (secondary N) is 1.